The van der Waals surface area contributed by atoms with Crippen molar-refractivity contribution in [3.63, 3.8) is 0 Å². The van der Waals surface area contributed by atoms with E-state index in [9.17, 15) is 9.59 Å². The van der Waals surface area contributed by atoms with Gasteiger partial charge in [0, 0.05) is 41.0 Å². The number of benzene rings is 1. The highest BCUT2D eigenvalue weighted by Gasteiger charge is 2.23. The van der Waals surface area contributed by atoms with Crippen molar-refractivity contribution in [2.45, 2.75) is 30.7 Å². The molecule has 2 aromatic rings. The third-order valence-corrected chi connectivity index (χ3v) is 6.26. The summed E-state index contributed by atoms with van der Waals surface area (Å²) >= 11 is 7.45. The second kappa shape index (κ2) is 8.46. The van der Waals surface area contributed by atoms with Crippen molar-refractivity contribution < 1.29 is 4.79 Å². The summed E-state index contributed by atoms with van der Waals surface area (Å²) in [6.45, 7) is 4.99. The van der Waals surface area contributed by atoms with Gasteiger partial charge < -0.3 is 9.88 Å². The maximum atomic E-state index is 12.3. The Balaban J connectivity index is 1.65. The Morgan fingerprint density at radius 2 is 2.19 bits per heavy atom. The highest BCUT2D eigenvalue weighted by atomic mass is 35.5. The van der Waals surface area contributed by atoms with Gasteiger partial charge in [-0.25, -0.2) is 0 Å². The molecule has 0 spiro atoms. The summed E-state index contributed by atoms with van der Waals surface area (Å²) in [4.78, 5) is 27.7. The van der Waals surface area contributed by atoms with E-state index in [0.717, 1.165) is 35.3 Å². The molecule has 3 rings (SSSR count). The lowest BCUT2D eigenvalue weighted by atomic mass is 10.2. The topological polar surface area (TPSA) is 54.3 Å². The number of rotatable bonds is 6. The lowest BCUT2D eigenvalue weighted by Crippen LogP contribution is -2.40. The van der Waals surface area contributed by atoms with E-state index >= 15 is 0 Å². The number of aromatic nitrogens is 1. The Labute approximate surface area is 162 Å². The van der Waals surface area contributed by atoms with Crippen molar-refractivity contribution in [2.24, 2.45) is 7.05 Å². The van der Waals surface area contributed by atoms with E-state index < -0.39 is 0 Å². The number of thioether (sulfide) groups is 1. The van der Waals surface area contributed by atoms with Crippen molar-refractivity contribution in [2.75, 3.05) is 25.4 Å². The molecular weight excluding hydrogens is 370 g/mol. The summed E-state index contributed by atoms with van der Waals surface area (Å²) in [7, 11) is 1.73. The molecule has 0 unspecified atom stereocenters. The molecule has 26 heavy (non-hydrogen) atoms. The summed E-state index contributed by atoms with van der Waals surface area (Å²) < 4.78 is 1.57. The van der Waals surface area contributed by atoms with Gasteiger partial charge in [0.15, 0.2) is 0 Å². The number of hydrogen-bond donors (Lipinski definition) is 1. The maximum Gasteiger partial charge on any atom is 0.251 e. The number of likely N-dealkylation sites (N-methyl/N-ethyl adjacent to an activating group) is 1. The number of carbonyl (C=O) groups is 1. The van der Waals surface area contributed by atoms with Crippen molar-refractivity contribution >= 4 is 40.2 Å². The molecule has 5 nitrogen and oxygen atoms in total. The highest BCUT2D eigenvalue weighted by molar-refractivity contribution is 8.00. The quantitative estimate of drug-likeness (QED) is 0.767. The van der Waals surface area contributed by atoms with E-state index in [4.69, 9.17) is 11.6 Å². The van der Waals surface area contributed by atoms with Crippen LogP contribution in [0.2, 0.25) is 5.02 Å². The van der Waals surface area contributed by atoms with Crippen LogP contribution < -0.4 is 10.9 Å². The van der Waals surface area contributed by atoms with Crippen molar-refractivity contribution in [1.29, 1.82) is 0 Å². The minimum absolute atomic E-state index is 0.000689. The molecule has 1 aliphatic rings. The highest BCUT2D eigenvalue weighted by Crippen LogP contribution is 2.28. The molecule has 1 saturated heterocycles. The number of amides is 1. The van der Waals surface area contributed by atoms with Gasteiger partial charge in [-0.05, 0) is 38.1 Å². The molecule has 1 N–H and O–H groups in total. The average molecular weight is 394 g/mol. The number of hydrogen-bond acceptors (Lipinski definition) is 4. The predicted molar refractivity (Wildman–Crippen MR) is 108 cm³/mol. The van der Waals surface area contributed by atoms with Gasteiger partial charge >= 0.3 is 0 Å². The summed E-state index contributed by atoms with van der Waals surface area (Å²) in [5.41, 5.74) is 0.671. The molecule has 0 bridgehead atoms. The summed E-state index contributed by atoms with van der Waals surface area (Å²) in [6.07, 6.45) is 2.34. The van der Waals surface area contributed by atoms with Crippen LogP contribution in [0.4, 0.5) is 0 Å². The molecule has 140 valence electrons. The fourth-order valence-corrected chi connectivity index (χ4v) is 4.55. The first-order chi connectivity index (χ1) is 12.5. The number of fused-ring (bicyclic) bond motifs is 1. The van der Waals surface area contributed by atoms with Crippen LogP contribution in [0.15, 0.2) is 34.0 Å². The number of halogens is 1. The van der Waals surface area contributed by atoms with Crippen molar-refractivity contribution in [3.8, 4) is 0 Å². The number of nitrogens with one attached hydrogen (secondary N) is 1. The predicted octanol–water partition coefficient (Wildman–Crippen LogP) is 2.88. The fourth-order valence-electron chi connectivity index (χ4n) is 3.48. The zero-order valence-electron chi connectivity index (χ0n) is 15.1. The van der Waals surface area contributed by atoms with Gasteiger partial charge in [-0.15, -0.1) is 11.8 Å². The first-order valence-electron chi connectivity index (χ1n) is 8.92. The largest absolute Gasteiger partial charge is 0.354 e. The van der Waals surface area contributed by atoms with Crippen LogP contribution in [0.1, 0.15) is 19.8 Å². The molecule has 1 amide bonds. The van der Waals surface area contributed by atoms with Gasteiger partial charge in [-0.1, -0.05) is 24.6 Å². The van der Waals surface area contributed by atoms with Gasteiger partial charge in [0.2, 0.25) is 5.91 Å². The molecule has 1 fully saturated rings. The second-order valence-electron chi connectivity index (χ2n) is 6.58. The van der Waals surface area contributed by atoms with Crippen LogP contribution in [0, 0.1) is 0 Å². The molecule has 1 atom stereocenters. The molecule has 2 heterocycles. The lowest BCUT2D eigenvalue weighted by Gasteiger charge is -2.22. The second-order valence-corrected chi connectivity index (χ2v) is 8.04. The van der Waals surface area contributed by atoms with E-state index in [-0.39, 0.29) is 11.5 Å². The maximum absolute atomic E-state index is 12.3. The van der Waals surface area contributed by atoms with E-state index in [2.05, 4.69) is 17.1 Å². The van der Waals surface area contributed by atoms with Crippen LogP contribution in [0.5, 0.6) is 0 Å². The number of aryl methyl sites for hydroxylation is 1. The van der Waals surface area contributed by atoms with Gasteiger partial charge in [0.05, 0.1) is 11.3 Å². The molecule has 7 heteroatoms. The fraction of sp³-hybridized carbons (Fsp3) is 0.474. The van der Waals surface area contributed by atoms with E-state index in [1.165, 1.54) is 18.2 Å². The van der Waals surface area contributed by atoms with Crippen LogP contribution in [0.3, 0.4) is 0 Å². The van der Waals surface area contributed by atoms with E-state index in [1.807, 2.05) is 6.07 Å². The number of likely N-dealkylation sites (tertiary alicyclic amines) is 1. The smallest absolute Gasteiger partial charge is 0.251 e. The molecule has 1 aromatic carbocycles. The average Bonchev–Trinajstić information content (AvgIpc) is 3.09. The Bertz CT molecular complexity index is 868. The van der Waals surface area contributed by atoms with E-state index in [1.54, 1.807) is 29.8 Å². The van der Waals surface area contributed by atoms with Crippen molar-refractivity contribution in [3.05, 3.63) is 39.6 Å². The molecular formula is C19H24ClN3O2S. The number of carbonyl (C=O) groups excluding carboxylic acids is 1. The van der Waals surface area contributed by atoms with Gasteiger partial charge in [0.1, 0.15) is 0 Å². The lowest BCUT2D eigenvalue weighted by molar-refractivity contribution is -0.118. The van der Waals surface area contributed by atoms with Crippen LogP contribution in [-0.4, -0.2) is 46.8 Å². The summed E-state index contributed by atoms with van der Waals surface area (Å²) in [6, 6.07) is 7.51. The normalized spacial score (nSPS) is 17.7. The summed E-state index contributed by atoms with van der Waals surface area (Å²) in [5.74, 6) is 0.296. The molecule has 0 saturated carbocycles. The first-order valence-corrected chi connectivity index (χ1v) is 10.3. The summed E-state index contributed by atoms with van der Waals surface area (Å²) in [5, 5.41) is 4.56. The van der Waals surface area contributed by atoms with Crippen molar-refractivity contribution in [1.82, 2.24) is 14.8 Å². The zero-order chi connectivity index (χ0) is 18.7. The zero-order valence-corrected chi connectivity index (χ0v) is 16.7. The molecule has 0 aliphatic carbocycles. The van der Waals surface area contributed by atoms with Gasteiger partial charge in [0.25, 0.3) is 5.56 Å². The Kier molecular flexibility index (Phi) is 6.27. The van der Waals surface area contributed by atoms with Crippen LogP contribution in [0.25, 0.3) is 10.9 Å². The first kappa shape index (κ1) is 19.3. The minimum Gasteiger partial charge on any atom is -0.354 e. The third kappa shape index (κ3) is 4.24. The standard InChI is InChI=1S/C19H24ClN3O2S/c1-3-23-8-4-5-14(23)11-21-18(24)12-26-17-10-19(25)22(2)16-9-13(20)6-7-15(16)17/h6-7,9-10,14H,3-5,8,11-12H2,1-2H3,(H,21,24)/t14-/m1/s1. The number of pyridine rings is 1. The molecule has 1 aromatic heterocycles. The van der Waals surface area contributed by atoms with Crippen LogP contribution in [-0.2, 0) is 11.8 Å². The Morgan fingerprint density at radius 3 is 2.96 bits per heavy atom. The molecule has 0 radical (unpaired) electrons. The van der Waals surface area contributed by atoms with E-state index in [0.29, 0.717) is 23.4 Å². The minimum atomic E-state index is -0.104. The molecule has 1 aliphatic heterocycles. The third-order valence-electron chi connectivity index (χ3n) is 4.97. The monoisotopic (exact) mass is 393 g/mol. The van der Waals surface area contributed by atoms with Gasteiger partial charge in [-0.3, -0.25) is 14.5 Å². The Hall–Kier alpha value is -1.50. The van der Waals surface area contributed by atoms with Crippen LogP contribution >= 0.6 is 23.4 Å². The van der Waals surface area contributed by atoms with Gasteiger partial charge in [-0.2, -0.15) is 0 Å². The number of nitrogens with zero attached hydrogens (tertiary/aromatic N) is 2. The Morgan fingerprint density at radius 1 is 1.38 bits per heavy atom. The SMILES string of the molecule is CCN1CCC[C@@H]1CNC(=O)CSc1cc(=O)n(C)c2cc(Cl)ccc12.